The molecule has 0 unspecified atom stereocenters. The van der Waals surface area contributed by atoms with Gasteiger partial charge in [0.2, 0.25) is 15.9 Å². The number of carbonyl (C=O) groups excluding carboxylic acids is 1. The molecular weight excluding hydrogens is 336 g/mol. The predicted octanol–water partition coefficient (Wildman–Crippen LogP) is 2.50. The van der Waals surface area contributed by atoms with E-state index in [1.54, 1.807) is 11.9 Å². The molecule has 5 nitrogen and oxygen atoms in total. The number of sulfonamides is 1. The van der Waals surface area contributed by atoms with E-state index in [0.29, 0.717) is 6.54 Å². The van der Waals surface area contributed by atoms with Crippen LogP contribution in [-0.2, 0) is 27.9 Å². The molecule has 0 bridgehead atoms. The van der Waals surface area contributed by atoms with Gasteiger partial charge in [-0.05, 0) is 11.1 Å². The van der Waals surface area contributed by atoms with Gasteiger partial charge in [0.1, 0.15) is 0 Å². The maximum Gasteiger partial charge on any atom is 0.223 e. The van der Waals surface area contributed by atoms with Gasteiger partial charge in [-0.2, -0.15) is 4.31 Å². The zero-order valence-electron chi connectivity index (χ0n) is 14.6. The van der Waals surface area contributed by atoms with E-state index in [1.165, 1.54) is 10.6 Å². The van der Waals surface area contributed by atoms with Crippen LogP contribution in [0.15, 0.2) is 60.7 Å². The molecule has 0 aliphatic heterocycles. The second kappa shape index (κ2) is 8.78. The molecule has 0 saturated heterocycles. The number of benzene rings is 2. The van der Waals surface area contributed by atoms with Crippen molar-refractivity contribution in [3.05, 3.63) is 71.8 Å². The lowest BCUT2D eigenvalue weighted by Crippen LogP contribution is -2.34. The van der Waals surface area contributed by atoms with Gasteiger partial charge < -0.3 is 4.90 Å². The van der Waals surface area contributed by atoms with Crippen molar-refractivity contribution < 1.29 is 13.2 Å². The van der Waals surface area contributed by atoms with Crippen LogP contribution in [0.3, 0.4) is 0 Å². The summed E-state index contributed by atoms with van der Waals surface area (Å²) in [6, 6.07) is 19.1. The molecule has 0 spiro atoms. The van der Waals surface area contributed by atoms with Crippen molar-refractivity contribution in [1.82, 2.24) is 9.21 Å². The lowest BCUT2D eigenvalue weighted by atomic mass is 10.2. The summed E-state index contributed by atoms with van der Waals surface area (Å²) >= 11 is 0. The summed E-state index contributed by atoms with van der Waals surface area (Å²) in [4.78, 5) is 14.0. The van der Waals surface area contributed by atoms with Crippen molar-refractivity contribution >= 4 is 15.9 Å². The molecule has 1 amide bonds. The molecule has 134 valence electrons. The SMILES string of the molecule is CN(Cc1ccccc1)C(=O)CCN(Cc1ccccc1)S(C)(=O)=O. The first-order chi connectivity index (χ1) is 11.9. The summed E-state index contributed by atoms with van der Waals surface area (Å²) < 4.78 is 25.4. The van der Waals surface area contributed by atoms with Crippen LogP contribution in [0.5, 0.6) is 0 Å². The van der Waals surface area contributed by atoms with Gasteiger partial charge in [0.05, 0.1) is 6.26 Å². The molecule has 0 aliphatic carbocycles. The monoisotopic (exact) mass is 360 g/mol. The third-order valence-electron chi connectivity index (χ3n) is 3.93. The number of carbonyl (C=O) groups is 1. The number of amides is 1. The van der Waals surface area contributed by atoms with Crippen LogP contribution in [0.1, 0.15) is 17.5 Å². The quantitative estimate of drug-likeness (QED) is 0.727. The first-order valence-corrected chi connectivity index (χ1v) is 9.98. The lowest BCUT2D eigenvalue weighted by molar-refractivity contribution is -0.130. The van der Waals surface area contributed by atoms with Crippen LogP contribution < -0.4 is 0 Å². The van der Waals surface area contributed by atoms with Gasteiger partial charge in [0, 0.05) is 33.1 Å². The Kier molecular flexibility index (Phi) is 6.73. The van der Waals surface area contributed by atoms with E-state index in [2.05, 4.69) is 0 Å². The summed E-state index contributed by atoms with van der Waals surface area (Å²) in [7, 11) is -1.65. The fourth-order valence-electron chi connectivity index (χ4n) is 2.51. The third-order valence-corrected chi connectivity index (χ3v) is 5.18. The van der Waals surface area contributed by atoms with Gasteiger partial charge >= 0.3 is 0 Å². The molecule has 0 atom stereocenters. The van der Waals surface area contributed by atoms with Crippen molar-refractivity contribution in [2.24, 2.45) is 0 Å². The normalized spacial score (nSPS) is 11.5. The van der Waals surface area contributed by atoms with Crippen molar-refractivity contribution in [3.63, 3.8) is 0 Å². The molecule has 0 aliphatic rings. The molecule has 0 heterocycles. The molecule has 0 N–H and O–H groups in total. The molecule has 2 aromatic carbocycles. The average Bonchev–Trinajstić information content (AvgIpc) is 2.59. The van der Waals surface area contributed by atoms with Crippen LogP contribution in [0, 0.1) is 0 Å². The van der Waals surface area contributed by atoms with Crippen molar-refractivity contribution in [2.75, 3.05) is 19.8 Å². The van der Waals surface area contributed by atoms with Gasteiger partial charge in [0.25, 0.3) is 0 Å². The highest BCUT2D eigenvalue weighted by Gasteiger charge is 2.19. The van der Waals surface area contributed by atoms with Crippen LogP contribution in [-0.4, -0.2) is 43.4 Å². The predicted molar refractivity (Wildman–Crippen MR) is 99.2 cm³/mol. The van der Waals surface area contributed by atoms with Crippen LogP contribution >= 0.6 is 0 Å². The van der Waals surface area contributed by atoms with Crippen molar-refractivity contribution in [1.29, 1.82) is 0 Å². The van der Waals surface area contributed by atoms with Gasteiger partial charge in [0.15, 0.2) is 0 Å². The Morgan fingerprint density at radius 1 is 0.880 bits per heavy atom. The van der Waals surface area contributed by atoms with Crippen molar-refractivity contribution in [2.45, 2.75) is 19.5 Å². The standard InChI is InChI=1S/C19H24N2O3S/c1-20(15-17-9-5-3-6-10-17)19(22)13-14-21(25(2,23)24)16-18-11-7-4-8-12-18/h3-12H,13-16H2,1-2H3. The molecular formula is C19H24N2O3S. The minimum Gasteiger partial charge on any atom is -0.341 e. The van der Waals surface area contributed by atoms with E-state index in [-0.39, 0.29) is 25.4 Å². The minimum atomic E-state index is -3.38. The van der Waals surface area contributed by atoms with Crippen LogP contribution in [0.2, 0.25) is 0 Å². The second-order valence-electron chi connectivity index (χ2n) is 6.07. The molecule has 0 aromatic heterocycles. The second-order valence-corrected chi connectivity index (χ2v) is 8.05. The number of hydrogen-bond acceptors (Lipinski definition) is 3. The zero-order valence-corrected chi connectivity index (χ0v) is 15.4. The Bertz CT molecular complexity index is 777. The highest BCUT2D eigenvalue weighted by atomic mass is 32.2. The summed E-state index contributed by atoms with van der Waals surface area (Å²) in [5, 5.41) is 0. The summed E-state index contributed by atoms with van der Waals surface area (Å²) in [5.41, 5.74) is 1.95. The van der Waals surface area contributed by atoms with E-state index >= 15 is 0 Å². The van der Waals surface area contributed by atoms with E-state index < -0.39 is 10.0 Å². The van der Waals surface area contributed by atoms with E-state index in [0.717, 1.165) is 11.1 Å². The Hall–Kier alpha value is -2.18. The maximum atomic E-state index is 12.3. The molecule has 0 saturated carbocycles. The third kappa shape index (κ3) is 6.32. The fourth-order valence-corrected chi connectivity index (χ4v) is 3.31. The van der Waals surface area contributed by atoms with Gasteiger partial charge in [-0.25, -0.2) is 8.42 Å². The van der Waals surface area contributed by atoms with E-state index in [1.807, 2.05) is 60.7 Å². The molecule has 0 fully saturated rings. The van der Waals surface area contributed by atoms with Gasteiger partial charge in [-0.3, -0.25) is 4.79 Å². The average molecular weight is 360 g/mol. The topological polar surface area (TPSA) is 57.7 Å². The minimum absolute atomic E-state index is 0.0782. The molecule has 2 aromatic rings. The Labute approximate surface area is 149 Å². The van der Waals surface area contributed by atoms with E-state index in [4.69, 9.17) is 0 Å². The van der Waals surface area contributed by atoms with Crippen molar-refractivity contribution in [3.8, 4) is 0 Å². The first-order valence-electron chi connectivity index (χ1n) is 8.13. The highest BCUT2D eigenvalue weighted by Crippen LogP contribution is 2.10. The Balaban J connectivity index is 1.94. The highest BCUT2D eigenvalue weighted by molar-refractivity contribution is 7.88. The molecule has 0 radical (unpaired) electrons. The Morgan fingerprint density at radius 2 is 1.36 bits per heavy atom. The van der Waals surface area contributed by atoms with Gasteiger partial charge in [-0.1, -0.05) is 60.7 Å². The number of hydrogen-bond donors (Lipinski definition) is 0. The maximum absolute atomic E-state index is 12.3. The molecule has 6 heteroatoms. The molecule has 25 heavy (non-hydrogen) atoms. The van der Waals surface area contributed by atoms with Crippen LogP contribution in [0.4, 0.5) is 0 Å². The lowest BCUT2D eigenvalue weighted by Gasteiger charge is -2.22. The fraction of sp³-hybridized carbons (Fsp3) is 0.316. The largest absolute Gasteiger partial charge is 0.341 e. The summed E-state index contributed by atoms with van der Waals surface area (Å²) in [6.45, 7) is 0.957. The molecule has 2 rings (SSSR count). The summed E-state index contributed by atoms with van der Waals surface area (Å²) in [6.07, 6.45) is 1.33. The zero-order chi connectivity index (χ0) is 18.3. The van der Waals surface area contributed by atoms with Crippen LogP contribution in [0.25, 0.3) is 0 Å². The number of nitrogens with zero attached hydrogens (tertiary/aromatic N) is 2. The summed E-state index contributed by atoms with van der Waals surface area (Å²) in [5.74, 6) is -0.0782. The van der Waals surface area contributed by atoms with Gasteiger partial charge in [-0.15, -0.1) is 0 Å². The number of rotatable bonds is 8. The first kappa shape index (κ1) is 19.1. The smallest absolute Gasteiger partial charge is 0.223 e. The van der Waals surface area contributed by atoms with E-state index in [9.17, 15) is 13.2 Å². The Morgan fingerprint density at radius 3 is 1.84 bits per heavy atom.